The van der Waals surface area contributed by atoms with Crippen LogP contribution in [0.15, 0.2) is 4.99 Å². The summed E-state index contributed by atoms with van der Waals surface area (Å²) in [6, 6.07) is 0. The van der Waals surface area contributed by atoms with Crippen LogP contribution in [-0.4, -0.2) is 63.8 Å². The van der Waals surface area contributed by atoms with E-state index < -0.39 is 0 Å². The van der Waals surface area contributed by atoms with Gasteiger partial charge in [0.15, 0.2) is 5.96 Å². The average Bonchev–Trinajstić information content (AvgIpc) is 2.75. The first-order valence-corrected chi connectivity index (χ1v) is 6.65. The molecule has 1 rings (SSSR count). The summed E-state index contributed by atoms with van der Waals surface area (Å²) >= 11 is 0. The van der Waals surface area contributed by atoms with Crippen molar-refractivity contribution in [2.24, 2.45) is 10.9 Å². The van der Waals surface area contributed by atoms with E-state index in [9.17, 15) is 0 Å². The van der Waals surface area contributed by atoms with E-state index in [1.165, 1.54) is 19.5 Å². The molecule has 5 heteroatoms. The maximum Gasteiger partial charge on any atom is 0.191 e. The Morgan fingerprint density at radius 2 is 2.17 bits per heavy atom. The predicted octanol–water partition coefficient (Wildman–Crippen LogP) is 0.528. The Hall–Kier alpha value is -0.810. The molecule has 1 unspecified atom stereocenters. The summed E-state index contributed by atoms with van der Waals surface area (Å²) in [7, 11) is 5.70. The van der Waals surface area contributed by atoms with Crippen LogP contribution in [0.3, 0.4) is 0 Å². The van der Waals surface area contributed by atoms with Crippen molar-refractivity contribution in [3.8, 4) is 0 Å². The van der Waals surface area contributed by atoms with Crippen LogP contribution in [0.2, 0.25) is 0 Å². The van der Waals surface area contributed by atoms with Crippen LogP contribution in [0, 0.1) is 5.92 Å². The molecule has 2 N–H and O–H groups in total. The molecule has 0 aromatic carbocycles. The Kier molecular flexibility index (Phi) is 5.88. The van der Waals surface area contributed by atoms with Gasteiger partial charge >= 0.3 is 0 Å². The number of guanidine groups is 1. The Morgan fingerprint density at radius 1 is 1.44 bits per heavy atom. The minimum Gasteiger partial charge on any atom is -0.377 e. The second kappa shape index (κ2) is 6.95. The van der Waals surface area contributed by atoms with Gasteiger partial charge in [-0.15, -0.1) is 0 Å². The van der Waals surface area contributed by atoms with Gasteiger partial charge in [-0.2, -0.15) is 0 Å². The number of hydrogen-bond donors (Lipinski definition) is 2. The molecule has 5 nitrogen and oxygen atoms in total. The number of nitrogens with one attached hydrogen (secondary N) is 2. The first-order chi connectivity index (χ1) is 8.46. The molecule has 0 saturated carbocycles. The minimum absolute atomic E-state index is 0.175. The van der Waals surface area contributed by atoms with Crippen LogP contribution in [0.4, 0.5) is 0 Å². The number of aliphatic imine (C=N–C) groups is 1. The smallest absolute Gasteiger partial charge is 0.191 e. The molecule has 0 bridgehead atoms. The summed E-state index contributed by atoms with van der Waals surface area (Å²) in [5.74, 6) is 1.58. The minimum atomic E-state index is -0.175. The van der Waals surface area contributed by atoms with Crippen LogP contribution in [0.5, 0.6) is 0 Å². The topological polar surface area (TPSA) is 48.9 Å². The number of likely N-dealkylation sites (tertiary alicyclic amines) is 1. The fourth-order valence-corrected chi connectivity index (χ4v) is 2.02. The lowest BCUT2D eigenvalue weighted by molar-refractivity contribution is 0.0268. The van der Waals surface area contributed by atoms with Gasteiger partial charge in [-0.3, -0.25) is 4.99 Å². The molecule has 0 radical (unpaired) electrons. The maximum absolute atomic E-state index is 5.37. The molecule has 1 heterocycles. The van der Waals surface area contributed by atoms with Crippen LogP contribution in [-0.2, 0) is 4.74 Å². The summed E-state index contributed by atoms with van der Waals surface area (Å²) in [5, 5.41) is 6.68. The lowest BCUT2D eigenvalue weighted by Crippen LogP contribution is -2.46. The van der Waals surface area contributed by atoms with Crippen molar-refractivity contribution < 1.29 is 4.74 Å². The zero-order valence-electron chi connectivity index (χ0n) is 12.4. The standard InChI is InChI=1S/C13H28N4O/c1-13(2,18-5)10-16-12(14-3)15-8-11-6-7-17(4)9-11/h11H,6-10H2,1-5H3,(H2,14,15,16). The van der Waals surface area contributed by atoms with Crippen molar-refractivity contribution >= 4 is 5.96 Å². The largest absolute Gasteiger partial charge is 0.377 e. The average molecular weight is 256 g/mol. The van der Waals surface area contributed by atoms with E-state index >= 15 is 0 Å². The van der Waals surface area contributed by atoms with Gasteiger partial charge in [0.25, 0.3) is 0 Å². The molecule has 0 aromatic heterocycles. The Labute approximate surface area is 111 Å². The highest BCUT2D eigenvalue weighted by molar-refractivity contribution is 5.79. The summed E-state index contributed by atoms with van der Waals surface area (Å²) in [4.78, 5) is 6.60. The Balaban J connectivity index is 2.26. The third-order valence-corrected chi connectivity index (χ3v) is 3.50. The third kappa shape index (κ3) is 5.23. The van der Waals surface area contributed by atoms with E-state index in [0.717, 1.165) is 25.0 Å². The van der Waals surface area contributed by atoms with E-state index in [1.807, 2.05) is 0 Å². The van der Waals surface area contributed by atoms with E-state index in [2.05, 4.69) is 41.4 Å². The van der Waals surface area contributed by atoms with E-state index in [4.69, 9.17) is 4.74 Å². The Bertz CT molecular complexity index is 278. The highest BCUT2D eigenvalue weighted by Crippen LogP contribution is 2.12. The number of nitrogens with zero attached hydrogens (tertiary/aromatic N) is 2. The molecular weight excluding hydrogens is 228 g/mol. The predicted molar refractivity (Wildman–Crippen MR) is 76.1 cm³/mol. The second-order valence-electron chi connectivity index (χ2n) is 5.69. The van der Waals surface area contributed by atoms with E-state index in [1.54, 1.807) is 14.2 Å². The van der Waals surface area contributed by atoms with Gasteiger partial charge in [0.05, 0.1) is 5.60 Å². The monoisotopic (exact) mass is 256 g/mol. The van der Waals surface area contributed by atoms with Gasteiger partial charge in [0, 0.05) is 33.8 Å². The second-order valence-corrected chi connectivity index (χ2v) is 5.69. The molecule has 1 aliphatic heterocycles. The van der Waals surface area contributed by atoms with Crippen LogP contribution in [0.25, 0.3) is 0 Å². The quantitative estimate of drug-likeness (QED) is 0.556. The lowest BCUT2D eigenvalue weighted by atomic mass is 10.1. The number of ether oxygens (including phenoxy) is 1. The molecule has 106 valence electrons. The normalized spacial score (nSPS) is 22.3. The molecule has 1 aliphatic rings. The van der Waals surface area contributed by atoms with Crippen LogP contribution < -0.4 is 10.6 Å². The van der Waals surface area contributed by atoms with Gasteiger partial charge in [-0.25, -0.2) is 0 Å². The highest BCUT2D eigenvalue weighted by atomic mass is 16.5. The number of rotatable bonds is 5. The molecule has 1 atom stereocenters. The molecule has 0 aromatic rings. The number of hydrogen-bond acceptors (Lipinski definition) is 3. The van der Waals surface area contributed by atoms with E-state index in [-0.39, 0.29) is 5.60 Å². The molecule has 0 spiro atoms. The van der Waals surface area contributed by atoms with Crippen molar-refractivity contribution in [2.75, 3.05) is 47.4 Å². The summed E-state index contributed by atoms with van der Waals surface area (Å²) in [5.41, 5.74) is -0.175. The van der Waals surface area contributed by atoms with Crippen molar-refractivity contribution in [3.63, 3.8) is 0 Å². The fourth-order valence-electron chi connectivity index (χ4n) is 2.02. The summed E-state index contributed by atoms with van der Waals surface area (Å²) in [6.45, 7) is 8.21. The third-order valence-electron chi connectivity index (χ3n) is 3.50. The first kappa shape index (κ1) is 15.2. The van der Waals surface area contributed by atoms with Crippen LogP contribution in [0.1, 0.15) is 20.3 Å². The maximum atomic E-state index is 5.37. The SMILES string of the molecule is CN=C(NCC1CCN(C)C1)NCC(C)(C)OC. The fraction of sp³-hybridized carbons (Fsp3) is 0.923. The summed E-state index contributed by atoms with van der Waals surface area (Å²) < 4.78 is 5.37. The van der Waals surface area contributed by atoms with Gasteiger partial charge in [-0.05, 0) is 39.8 Å². The highest BCUT2D eigenvalue weighted by Gasteiger charge is 2.20. The van der Waals surface area contributed by atoms with Gasteiger partial charge < -0.3 is 20.3 Å². The van der Waals surface area contributed by atoms with Crippen molar-refractivity contribution in [2.45, 2.75) is 25.9 Å². The van der Waals surface area contributed by atoms with Gasteiger partial charge in [0.2, 0.25) is 0 Å². The zero-order chi connectivity index (χ0) is 13.6. The molecule has 0 aliphatic carbocycles. The van der Waals surface area contributed by atoms with Crippen molar-refractivity contribution in [1.29, 1.82) is 0 Å². The summed E-state index contributed by atoms with van der Waals surface area (Å²) in [6.07, 6.45) is 1.27. The molecule has 1 saturated heterocycles. The molecule has 18 heavy (non-hydrogen) atoms. The Morgan fingerprint density at radius 3 is 2.67 bits per heavy atom. The lowest BCUT2D eigenvalue weighted by Gasteiger charge is -2.24. The zero-order valence-corrected chi connectivity index (χ0v) is 12.4. The van der Waals surface area contributed by atoms with Gasteiger partial charge in [0.1, 0.15) is 0 Å². The van der Waals surface area contributed by atoms with Crippen molar-refractivity contribution in [1.82, 2.24) is 15.5 Å². The molecular formula is C13H28N4O. The first-order valence-electron chi connectivity index (χ1n) is 6.65. The molecule has 1 fully saturated rings. The van der Waals surface area contributed by atoms with Crippen LogP contribution >= 0.6 is 0 Å². The van der Waals surface area contributed by atoms with Gasteiger partial charge in [-0.1, -0.05) is 0 Å². The van der Waals surface area contributed by atoms with E-state index in [0.29, 0.717) is 0 Å². The number of methoxy groups -OCH3 is 1. The molecule has 0 amide bonds. The van der Waals surface area contributed by atoms with Crippen molar-refractivity contribution in [3.05, 3.63) is 0 Å².